The summed E-state index contributed by atoms with van der Waals surface area (Å²) in [7, 11) is 0. The third-order valence-corrected chi connectivity index (χ3v) is 3.53. The molecule has 0 saturated carbocycles. The maximum Gasteiger partial charge on any atom is 0.237 e. The summed E-state index contributed by atoms with van der Waals surface area (Å²) in [5.41, 5.74) is 6.16. The second kappa shape index (κ2) is 9.05. The van der Waals surface area contributed by atoms with Gasteiger partial charge in [0.25, 0.3) is 0 Å². The maximum absolute atomic E-state index is 11.8. The molecule has 0 aromatic carbocycles. The number of carbonyl (C=O) groups excluding carboxylic acids is 1. The van der Waals surface area contributed by atoms with Crippen LogP contribution in [-0.2, 0) is 4.79 Å². The van der Waals surface area contributed by atoms with Crippen molar-refractivity contribution in [2.24, 2.45) is 0 Å². The topological polar surface area (TPSA) is 68.0 Å². The number of halogens is 1. The molecule has 3 N–H and O–H groups in total. The minimum absolute atomic E-state index is 0. The van der Waals surface area contributed by atoms with E-state index in [0.29, 0.717) is 11.5 Å². The molecule has 0 aliphatic carbocycles. The van der Waals surface area contributed by atoms with Gasteiger partial charge >= 0.3 is 0 Å². The van der Waals surface area contributed by atoms with E-state index < -0.39 is 0 Å². The lowest BCUT2D eigenvalue weighted by Crippen LogP contribution is -2.22. The maximum atomic E-state index is 11.8. The second-order valence-corrected chi connectivity index (χ2v) is 5.28. The number of thioether (sulfide) groups is 1. The van der Waals surface area contributed by atoms with E-state index in [4.69, 9.17) is 5.73 Å². The number of nitrogens with zero attached hydrogens (tertiary/aromatic N) is 1. The molecular formula is C12H20ClN3OS. The Morgan fingerprint density at radius 2 is 2.28 bits per heavy atom. The number of carbonyl (C=O) groups is 1. The highest BCUT2D eigenvalue weighted by molar-refractivity contribution is 8.00. The van der Waals surface area contributed by atoms with Crippen molar-refractivity contribution in [3.05, 3.63) is 18.3 Å². The molecule has 1 heterocycles. The standard InChI is InChI=1S/C12H19N3OS.ClH/c1-3-4-7-17-9(2)12(16)15-10-5-6-11(13)14-8-10;/h5-6,8-9H,3-4,7H2,1-2H3,(H2,13,14)(H,15,16);1H. The molecule has 0 aliphatic heterocycles. The van der Waals surface area contributed by atoms with E-state index in [2.05, 4.69) is 17.2 Å². The SMILES string of the molecule is CCCCSC(C)C(=O)Nc1ccc(N)nc1.Cl. The summed E-state index contributed by atoms with van der Waals surface area (Å²) >= 11 is 1.67. The van der Waals surface area contributed by atoms with Crippen LogP contribution in [0.5, 0.6) is 0 Å². The highest BCUT2D eigenvalue weighted by Gasteiger charge is 2.12. The zero-order valence-electron chi connectivity index (χ0n) is 10.7. The van der Waals surface area contributed by atoms with E-state index in [1.54, 1.807) is 30.1 Å². The zero-order chi connectivity index (χ0) is 12.7. The molecule has 0 fully saturated rings. The highest BCUT2D eigenvalue weighted by Crippen LogP contribution is 2.15. The van der Waals surface area contributed by atoms with Gasteiger partial charge in [0.2, 0.25) is 5.91 Å². The number of nitrogens with two attached hydrogens (primary N) is 1. The van der Waals surface area contributed by atoms with Gasteiger partial charge in [-0.05, 0) is 31.2 Å². The molecule has 1 amide bonds. The molecule has 1 atom stereocenters. The number of nitrogens with one attached hydrogen (secondary N) is 1. The molecule has 4 nitrogen and oxygen atoms in total. The molecule has 0 spiro atoms. The minimum atomic E-state index is -0.0425. The molecule has 1 aromatic rings. The van der Waals surface area contributed by atoms with Gasteiger partial charge in [-0.2, -0.15) is 0 Å². The average molecular weight is 290 g/mol. The Labute approximate surface area is 119 Å². The normalized spacial score (nSPS) is 11.4. The average Bonchev–Trinajstić information content (AvgIpc) is 2.32. The Morgan fingerprint density at radius 3 is 2.83 bits per heavy atom. The lowest BCUT2D eigenvalue weighted by molar-refractivity contribution is -0.115. The van der Waals surface area contributed by atoms with Crippen molar-refractivity contribution in [2.45, 2.75) is 31.9 Å². The Balaban J connectivity index is 0.00000289. The smallest absolute Gasteiger partial charge is 0.237 e. The van der Waals surface area contributed by atoms with Crippen molar-refractivity contribution in [3.63, 3.8) is 0 Å². The highest BCUT2D eigenvalue weighted by atomic mass is 35.5. The third kappa shape index (κ3) is 6.12. The molecule has 1 aromatic heterocycles. The molecule has 102 valence electrons. The van der Waals surface area contributed by atoms with Crippen molar-refractivity contribution in [3.8, 4) is 0 Å². The van der Waals surface area contributed by atoms with Gasteiger partial charge in [-0.3, -0.25) is 4.79 Å². The van der Waals surface area contributed by atoms with Crippen LogP contribution in [0.4, 0.5) is 11.5 Å². The van der Waals surface area contributed by atoms with E-state index in [1.165, 1.54) is 0 Å². The zero-order valence-corrected chi connectivity index (χ0v) is 12.3. The van der Waals surface area contributed by atoms with Crippen molar-refractivity contribution < 1.29 is 4.79 Å². The number of pyridine rings is 1. The molecule has 0 aliphatic rings. The van der Waals surface area contributed by atoms with E-state index in [9.17, 15) is 4.79 Å². The predicted molar refractivity (Wildman–Crippen MR) is 81.4 cm³/mol. The first-order valence-corrected chi connectivity index (χ1v) is 6.82. The minimum Gasteiger partial charge on any atom is -0.384 e. The molecule has 6 heteroatoms. The van der Waals surface area contributed by atoms with Crippen LogP contribution < -0.4 is 11.1 Å². The fraction of sp³-hybridized carbons (Fsp3) is 0.500. The van der Waals surface area contributed by atoms with Crippen molar-refractivity contribution in [1.29, 1.82) is 0 Å². The van der Waals surface area contributed by atoms with Gasteiger partial charge in [0, 0.05) is 0 Å². The largest absolute Gasteiger partial charge is 0.384 e. The summed E-state index contributed by atoms with van der Waals surface area (Å²) in [6.45, 7) is 4.06. The monoisotopic (exact) mass is 289 g/mol. The lowest BCUT2D eigenvalue weighted by Gasteiger charge is -2.11. The van der Waals surface area contributed by atoms with Crippen LogP contribution in [0.15, 0.2) is 18.3 Å². The Bertz CT molecular complexity index is 359. The van der Waals surface area contributed by atoms with Crippen LogP contribution in [0.2, 0.25) is 0 Å². The number of hydrogen-bond donors (Lipinski definition) is 2. The van der Waals surface area contributed by atoms with E-state index >= 15 is 0 Å². The Hall–Kier alpha value is -0.940. The number of rotatable bonds is 6. The molecule has 0 bridgehead atoms. The summed E-state index contributed by atoms with van der Waals surface area (Å²) in [6.07, 6.45) is 3.87. The molecule has 1 unspecified atom stereocenters. The number of hydrogen-bond acceptors (Lipinski definition) is 4. The number of unbranched alkanes of at least 4 members (excludes halogenated alkanes) is 1. The summed E-state index contributed by atoms with van der Waals surface area (Å²) in [6, 6.07) is 3.42. The second-order valence-electron chi connectivity index (χ2n) is 3.83. The Morgan fingerprint density at radius 1 is 1.56 bits per heavy atom. The predicted octanol–water partition coefficient (Wildman–Crippen LogP) is 2.95. The molecular weight excluding hydrogens is 270 g/mol. The Kier molecular flexibility index (Phi) is 8.58. The molecule has 0 radical (unpaired) electrons. The van der Waals surface area contributed by atoms with Crippen LogP contribution >= 0.6 is 24.2 Å². The lowest BCUT2D eigenvalue weighted by atomic mass is 10.3. The molecule has 1 rings (SSSR count). The third-order valence-electron chi connectivity index (χ3n) is 2.29. The van der Waals surface area contributed by atoms with Gasteiger partial charge in [0.05, 0.1) is 17.1 Å². The van der Waals surface area contributed by atoms with E-state index in [1.807, 2.05) is 6.92 Å². The van der Waals surface area contributed by atoms with Gasteiger partial charge in [0.15, 0.2) is 0 Å². The fourth-order valence-electron chi connectivity index (χ4n) is 1.20. The van der Waals surface area contributed by atoms with Gasteiger partial charge in [-0.1, -0.05) is 13.3 Å². The van der Waals surface area contributed by atoms with Gasteiger partial charge in [-0.15, -0.1) is 24.2 Å². The molecule has 0 saturated heterocycles. The van der Waals surface area contributed by atoms with Gasteiger partial charge < -0.3 is 11.1 Å². The summed E-state index contributed by atoms with van der Waals surface area (Å²) in [4.78, 5) is 15.7. The number of amides is 1. The summed E-state index contributed by atoms with van der Waals surface area (Å²) < 4.78 is 0. The van der Waals surface area contributed by atoms with Crippen LogP contribution in [0.3, 0.4) is 0 Å². The first-order chi connectivity index (χ1) is 8.13. The quantitative estimate of drug-likeness (QED) is 0.790. The van der Waals surface area contributed by atoms with Gasteiger partial charge in [-0.25, -0.2) is 4.98 Å². The summed E-state index contributed by atoms with van der Waals surface area (Å²) in [5, 5.41) is 2.78. The first-order valence-electron chi connectivity index (χ1n) is 5.77. The number of aromatic nitrogens is 1. The van der Waals surface area contributed by atoms with Crippen molar-refractivity contribution in [2.75, 3.05) is 16.8 Å². The fourth-order valence-corrected chi connectivity index (χ4v) is 2.22. The van der Waals surface area contributed by atoms with E-state index in [-0.39, 0.29) is 23.6 Å². The van der Waals surface area contributed by atoms with Gasteiger partial charge in [0.1, 0.15) is 5.82 Å². The molecule has 18 heavy (non-hydrogen) atoms. The van der Waals surface area contributed by atoms with Crippen LogP contribution in [-0.4, -0.2) is 21.9 Å². The van der Waals surface area contributed by atoms with Crippen molar-refractivity contribution >= 4 is 41.6 Å². The van der Waals surface area contributed by atoms with Crippen LogP contribution in [0, 0.1) is 0 Å². The van der Waals surface area contributed by atoms with Crippen LogP contribution in [0.25, 0.3) is 0 Å². The first kappa shape index (κ1) is 17.1. The van der Waals surface area contributed by atoms with E-state index in [0.717, 1.165) is 18.6 Å². The van der Waals surface area contributed by atoms with Crippen molar-refractivity contribution in [1.82, 2.24) is 4.98 Å². The number of anilines is 2. The van der Waals surface area contributed by atoms with Crippen LogP contribution in [0.1, 0.15) is 26.7 Å². The number of nitrogen functional groups attached to an aromatic ring is 1. The summed E-state index contributed by atoms with van der Waals surface area (Å²) in [5.74, 6) is 1.48.